The van der Waals surface area contributed by atoms with Crippen molar-refractivity contribution in [1.82, 2.24) is 0 Å². The van der Waals surface area contributed by atoms with E-state index in [1.54, 1.807) is 0 Å². The molecule has 1 radical (unpaired) electrons. The fourth-order valence-corrected chi connectivity index (χ4v) is 1.37. The Kier molecular flexibility index (Phi) is 5.51. The van der Waals surface area contributed by atoms with Crippen molar-refractivity contribution in [2.24, 2.45) is 0 Å². The van der Waals surface area contributed by atoms with Gasteiger partial charge in [-0.1, -0.05) is 0 Å². The van der Waals surface area contributed by atoms with Crippen molar-refractivity contribution in [3.63, 3.8) is 0 Å². The summed E-state index contributed by atoms with van der Waals surface area (Å²) in [7, 11) is 0. The van der Waals surface area contributed by atoms with E-state index in [0.717, 1.165) is 6.07 Å². The van der Waals surface area contributed by atoms with Crippen LogP contribution in [0.1, 0.15) is 0 Å². The Hall–Kier alpha value is -1.16. The zero-order valence-corrected chi connectivity index (χ0v) is 10.5. The van der Waals surface area contributed by atoms with Gasteiger partial charge in [0.25, 0.3) is 0 Å². The van der Waals surface area contributed by atoms with Crippen molar-refractivity contribution < 1.29 is 36.6 Å². The maximum absolute atomic E-state index is 13.1. The van der Waals surface area contributed by atoms with Crippen LogP contribution in [0.3, 0.4) is 0 Å². The highest BCUT2D eigenvalue weighted by Gasteiger charge is 2.27. The number of fused-ring (bicyclic) bond motifs is 1. The minimum atomic E-state index is -2.58. The van der Waals surface area contributed by atoms with Crippen molar-refractivity contribution in [1.29, 1.82) is 0 Å². The maximum atomic E-state index is 13.1. The Bertz CT molecular complexity index is 655. The molecule has 0 aliphatic carbocycles. The van der Waals surface area contributed by atoms with Crippen molar-refractivity contribution in [2.45, 2.75) is 0 Å². The summed E-state index contributed by atoms with van der Waals surface area (Å²) in [5, 5.41) is -3.16. The molecule has 0 heterocycles. The van der Waals surface area contributed by atoms with Crippen LogP contribution in [0.15, 0.2) is 0 Å². The third kappa shape index (κ3) is 2.80. The number of rotatable bonds is 0. The average molecular weight is 315 g/mol. The zero-order valence-electron chi connectivity index (χ0n) is 9.11. The Morgan fingerprint density at radius 2 is 0.950 bits per heavy atom. The number of halogens is 9. The summed E-state index contributed by atoms with van der Waals surface area (Å²) < 4.78 is 110. The molecular formula is C10F9Mg. The smallest absolute Gasteiger partial charge is 0.440 e. The summed E-state index contributed by atoms with van der Waals surface area (Å²) in [6.07, 6.45) is 0. The summed E-state index contributed by atoms with van der Waals surface area (Å²) in [6, 6.07) is 1.09. The lowest BCUT2D eigenvalue weighted by atomic mass is 10.1. The fourth-order valence-electron chi connectivity index (χ4n) is 1.37. The van der Waals surface area contributed by atoms with Crippen LogP contribution in [0.25, 0.3) is 10.8 Å². The van der Waals surface area contributed by atoms with E-state index in [1.165, 1.54) is 0 Å². The second kappa shape index (κ2) is 6.52. The fraction of sp³-hybridized carbons (Fsp3) is 0. The molecule has 0 bridgehead atoms. The summed E-state index contributed by atoms with van der Waals surface area (Å²) >= 11 is -2.58. The second-order valence-corrected chi connectivity index (χ2v) is 3.38. The largest absolute Gasteiger partial charge is 0.879 e. The molecule has 0 aliphatic rings. The van der Waals surface area contributed by atoms with Gasteiger partial charge in [-0.25, -0.2) is 30.7 Å². The Balaban J connectivity index is 0.000000612. The van der Waals surface area contributed by atoms with Crippen LogP contribution in [0.5, 0.6) is 0 Å². The van der Waals surface area contributed by atoms with Gasteiger partial charge >= 0.3 is 21.5 Å². The van der Waals surface area contributed by atoms with Crippen LogP contribution >= 0.6 is 0 Å². The first-order valence-corrected chi connectivity index (χ1v) is 5.68. The van der Waals surface area contributed by atoms with Crippen molar-refractivity contribution in [3.05, 3.63) is 46.8 Å². The first-order valence-electron chi connectivity index (χ1n) is 4.61. The van der Waals surface area contributed by atoms with Crippen LogP contribution < -0.4 is 0 Å². The second-order valence-electron chi connectivity index (χ2n) is 3.17. The van der Waals surface area contributed by atoms with E-state index in [-0.39, 0.29) is 0 Å². The Morgan fingerprint density at radius 3 is 1.40 bits per heavy atom. The van der Waals surface area contributed by atoms with E-state index in [2.05, 4.69) is 0 Å². The Morgan fingerprint density at radius 1 is 0.550 bits per heavy atom. The summed E-state index contributed by atoms with van der Waals surface area (Å²) in [5.41, 5.74) is 0. The molecule has 2 rings (SSSR count). The molecule has 0 atom stereocenters. The van der Waals surface area contributed by atoms with Crippen molar-refractivity contribution >= 4 is 32.3 Å². The minimum absolute atomic E-state index is 1.09. The third-order valence-corrected chi connectivity index (χ3v) is 2.12. The van der Waals surface area contributed by atoms with Gasteiger partial charge in [0.15, 0.2) is 34.9 Å². The lowest BCUT2D eigenvalue weighted by Gasteiger charge is -2.06. The van der Waals surface area contributed by atoms with Gasteiger partial charge < -0.3 is 5.91 Å². The molecule has 0 unspecified atom stereocenters. The highest BCUT2D eigenvalue weighted by atomic mass is 24.7. The minimum Gasteiger partial charge on any atom is -0.440 e. The normalized spacial score (nSPS) is 10.1. The van der Waals surface area contributed by atoms with E-state index in [4.69, 9.17) is 0 Å². The number of benzene rings is 2. The molecule has 0 saturated heterocycles. The molecule has 0 fully saturated rings. The first-order chi connectivity index (χ1) is 9.27. The molecule has 0 nitrogen and oxygen atoms in total. The van der Waals surface area contributed by atoms with Crippen molar-refractivity contribution in [2.75, 3.05) is 0 Å². The summed E-state index contributed by atoms with van der Waals surface area (Å²) in [5.74, 6) is -14.9. The molecular weight excluding hydrogens is 315 g/mol. The third-order valence-electron chi connectivity index (χ3n) is 2.12. The molecule has 10 heteroatoms. The molecule has 0 saturated carbocycles. The first kappa shape index (κ1) is 16.9. The van der Waals surface area contributed by atoms with E-state index in [9.17, 15) is 36.6 Å². The Labute approximate surface area is 116 Å². The molecule has 2 aromatic rings. The highest BCUT2D eigenvalue weighted by Crippen LogP contribution is 2.31. The average Bonchev–Trinajstić information content (AvgIpc) is 2.38. The molecule has 2 aromatic carbocycles. The molecule has 0 spiro atoms. The molecule has 0 amide bonds. The van der Waals surface area contributed by atoms with E-state index in [0.29, 0.717) is 0 Å². The van der Waals surface area contributed by atoms with Gasteiger partial charge in [0.2, 0.25) is 0 Å². The molecule has 0 N–H and O–H groups in total. The lowest BCUT2D eigenvalue weighted by molar-refractivity contribution is 0.411. The van der Waals surface area contributed by atoms with Crippen LogP contribution in [0.4, 0.5) is 36.6 Å². The van der Waals surface area contributed by atoms with Gasteiger partial charge in [-0.3, -0.25) is 0 Å². The number of hydrogen-bond donors (Lipinski definition) is 0. The quantitative estimate of drug-likeness (QED) is 0.297. The molecule has 0 aliphatic heterocycles. The van der Waals surface area contributed by atoms with Gasteiger partial charge in [-0.05, 0) is 0 Å². The van der Waals surface area contributed by atoms with Gasteiger partial charge in [0, 0.05) is 0 Å². The SMILES string of the molecule is Fc1[c]c(F)c2c(F)c(F)c(F)c(F)c2c1F.[F][Mg][F]. The molecule has 20 heavy (non-hydrogen) atoms. The summed E-state index contributed by atoms with van der Waals surface area (Å²) in [4.78, 5) is 0. The predicted molar refractivity (Wildman–Crippen MR) is 50.5 cm³/mol. The monoisotopic (exact) mass is 315 g/mol. The highest BCUT2D eigenvalue weighted by molar-refractivity contribution is 6.15. The van der Waals surface area contributed by atoms with Gasteiger partial charge in [0.05, 0.1) is 16.8 Å². The maximum Gasteiger partial charge on any atom is 0.879 e. The van der Waals surface area contributed by atoms with Crippen LogP contribution in [-0.4, -0.2) is 21.5 Å². The van der Waals surface area contributed by atoms with Crippen LogP contribution in [0.2, 0.25) is 0 Å². The van der Waals surface area contributed by atoms with Gasteiger partial charge in [0.1, 0.15) is 5.82 Å². The topological polar surface area (TPSA) is 0 Å². The summed E-state index contributed by atoms with van der Waals surface area (Å²) in [6.45, 7) is 0. The predicted octanol–water partition coefficient (Wildman–Crippen LogP) is 4.07. The van der Waals surface area contributed by atoms with Crippen LogP contribution in [-0.2, 0) is 0 Å². The van der Waals surface area contributed by atoms with Crippen LogP contribution in [0, 0.1) is 46.8 Å². The van der Waals surface area contributed by atoms with E-state index >= 15 is 0 Å². The van der Waals surface area contributed by atoms with Gasteiger partial charge in [-0.2, -0.15) is 0 Å². The van der Waals surface area contributed by atoms with E-state index < -0.39 is 73.0 Å². The molecule has 105 valence electrons. The van der Waals surface area contributed by atoms with E-state index in [1.807, 2.05) is 0 Å². The van der Waals surface area contributed by atoms with Crippen molar-refractivity contribution in [3.8, 4) is 0 Å². The zero-order chi connectivity index (χ0) is 15.6. The lowest BCUT2D eigenvalue weighted by Crippen LogP contribution is -2.03. The number of hydrogen-bond acceptors (Lipinski definition) is 0. The molecule has 0 aromatic heterocycles. The standard InChI is InChI=1S/C10F7.2FH.Mg/c11-2-1-3(12)6(13)5-4(2)7(14)9(16)10(17)8(5)15;;;/h;2*1H;/q;;;+2/p-2. The van der Waals surface area contributed by atoms with Gasteiger partial charge in [-0.15, -0.1) is 0 Å².